The summed E-state index contributed by atoms with van der Waals surface area (Å²) in [6, 6.07) is 6.26. The Labute approximate surface area is 118 Å². The molecule has 2 aliphatic rings. The van der Waals surface area contributed by atoms with Crippen LogP contribution in [0.5, 0.6) is 11.5 Å². The van der Waals surface area contributed by atoms with Gasteiger partial charge in [0.2, 0.25) is 12.7 Å². The van der Waals surface area contributed by atoms with Gasteiger partial charge in [-0.25, -0.2) is 0 Å². The number of ether oxygens (including phenoxy) is 2. The molecule has 0 spiro atoms. The van der Waals surface area contributed by atoms with Crippen LogP contribution < -0.4 is 14.8 Å². The number of hydrogen-bond donors (Lipinski definition) is 1. The Hall–Kier alpha value is -1.75. The van der Waals surface area contributed by atoms with Gasteiger partial charge >= 0.3 is 0 Å². The molecule has 1 aromatic carbocycles. The summed E-state index contributed by atoms with van der Waals surface area (Å²) in [5.41, 5.74) is 1.16. The van der Waals surface area contributed by atoms with Gasteiger partial charge in [0, 0.05) is 32.1 Å². The van der Waals surface area contributed by atoms with E-state index in [0.717, 1.165) is 43.1 Å². The minimum atomic E-state index is 0.279. The zero-order valence-corrected chi connectivity index (χ0v) is 11.7. The van der Waals surface area contributed by atoms with Crippen LogP contribution in [0.4, 0.5) is 0 Å². The number of hydrogen-bond acceptors (Lipinski definition) is 4. The minimum Gasteiger partial charge on any atom is -0.454 e. The molecule has 1 N–H and O–H groups in total. The molecule has 1 aromatic rings. The molecule has 2 aliphatic heterocycles. The van der Waals surface area contributed by atoms with E-state index < -0.39 is 0 Å². The van der Waals surface area contributed by atoms with E-state index >= 15 is 0 Å². The van der Waals surface area contributed by atoms with Crippen LogP contribution in [-0.4, -0.2) is 36.7 Å². The number of nitrogens with one attached hydrogen (secondary N) is 1. The van der Waals surface area contributed by atoms with Crippen LogP contribution in [-0.2, 0) is 11.3 Å². The van der Waals surface area contributed by atoms with Crippen LogP contribution in [0, 0.1) is 0 Å². The molecule has 20 heavy (non-hydrogen) atoms. The Bertz CT molecular complexity index is 504. The molecule has 1 amide bonds. The van der Waals surface area contributed by atoms with Gasteiger partial charge in [0.25, 0.3) is 0 Å². The predicted octanol–water partition coefficient (Wildman–Crippen LogP) is 1.52. The van der Waals surface area contributed by atoms with E-state index in [1.54, 1.807) is 0 Å². The van der Waals surface area contributed by atoms with Crippen molar-refractivity contribution < 1.29 is 14.3 Å². The predicted molar refractivity (Wildman–Crippen MR) is 74.7 cm³/mol. The van der Waals surface area contributed by atoms with Gasteiger partial charge in [-0.15, -0.1) is 0 Å². The SMILES string of the molecule is CC(CN1CCCC1=O)NCc1ccc2c(c1)OCO2. The fraction of sp³-hybridized carbons (Fsp3) is 0.533. The maximum atomic E-state index is 11.6. The lowest BCUT2D eigenvalue weighted by molar-refractivity contribution is -0.127. The van der Waals surface area contributed by atoms with E-state index in [1.165, 1.54) is 0 Å². The van der Waals surface area contributed by atoms with Crippen LogP contribution in [0.1, 0.15) is 25.3 Å². The van der Waals surface area contributed by atoms with Gasteiger partial charge in [0.05, 0.1) is 0 Å². The molecule has 108 valence electrons. The highest BCUT2D eigenvalue weighted by molar-refractivity contribution is 5.78. The van der Waals surface area contributed by atoms with Gasteiger partial charge in [-0.2, -0.15) is 0 Å². The van der Waals surface area contributed by atoms with Crippen molar-refractivity contribution in [3.05, 3.63) is 23.8 Å². The van der Waals surface area contributed by atoms with Crippen LogP contribution >= 0.6 is 0 Å². The van der Waals surface area contributed by atoms with Gasteiger partial charge in [0.15, 0.2) is 11.5 Å². The van der Waals surface area contributed by atoms with E-state index in [2.05, 4.69) is 12.2 Å². The second kappa shape index (κ2) is 5.71. The van der Waals surface area contributed by atoms with Crippen molar-refractivity contribution in [2.45, 2.75) is 32.4 Å². The van der Waals surface area contributed by atoms with Crippen molar-refractivity contribution in [3.8, 4) is 11.5 Å². The van der Waals surface area contributed by atoms with E-state index in [4.69, 9.17) is 9.47 Å². The molecule has 5 heteroatoms. The first kappa shape index (κ1) is 13.2. The fourth-order valence-corrected chi connectivity index (χ4v) is 2.64. The number of amides is 1. The molecule has 0 aromatic heterocycles. The molecular weight excluding hydrogens is 256 g/mol. The molecule has 1 fully saturated rings. The average Bonchev–Trinajstić information content (AvgIpc) is 3.05. The van der Waals surface area contributed by atoms with Gasteiger partial charge < -0.3 is 19.7 Å². The van der Waals surface area contributed by atoms with Crippen molar-refractivity contribution in [1.29, 1.82) is 0 Å². The summed E-state index contributed by atoms with van der Waals surface area (Å²) in [5.74, 6) is 1.90. The molecule has 5 nitrogen and oxygen atoms in total. The third-order valence-corrected chi connectivity index (χ3v) is 3.76. The van der Waals surface area contributed by atoms with Crippen molar-refractivity contribution in [2.75, 3.05) is 19.9 Å². The molecule has 0 aliphatic carbocycles. The number of benzene rings is 1. The second-order valence-electron chi connectivity index (χ2n) is 5.41. The van der Waals surface area contributed by atoms with E-state index in [1.807, 2.05) is 23.1 Å². The smallest absolute Gasteiger partial charge is 0.231 e. The van der Waals surface area contributed by atoms with Crippen molar-refractivity contribution in [1.82, 2.24) is 10.2 Å². The highest BCUT2D eigenvalue weighted by Gasteiger charge is 2.21. The maximum absolute atomic E-state index is 11.6. The summed E-state index contributed by atoms with van der Waals surface area (Å²) < 4.78 is 10.7. The number of carbonyl (C=O) groups excluding carboxylic acids is 1. The molecule has 1 unspecified atom stereocenters. The van der Waals surface area contributed by atoms with Gasteiger partial charge in [0.1, 0.15) is 0 Å². The summed E-state index contributed by atoms with van der Waals surface area (Å²) in [6.45, 7) is 4.86. The lowest BCUT2D eigenvalue weighted by Crippen LogP contribution is -2.39. The molecule has 1 atom stereocenters. The fourth-order valence-electron chi connectivity index (χ4n) is 2.64. The molecule has 0 radical (unpaired) electrons. The lowest BCUT2D eigenvalue weighted by atomic mass is 10.2. The monoisotopic (exact) mass is 276 g/mol. The van der Waals surface area contributed by atoms with Crippen LogP contribution in [0.2, 0.25) is 0 Å². The highest BCUT2D eigenvalue weighted by atomic mass is 16.7. The Kier molecular flexibility index (Phi) is 3.78. The summed E-state index contributed by atoms with van der Waals surface area (Å²) >= 11 is 0. The van der Waals surface area contributed by atoms with Crippen LogP contribution in [0.15, 0.2) is 18.2 Å². The topological polar surface area (TPSA) is 50.8 Å². The molecule has 0 bridgehead atoms. The Morgan fingerprint density at radius 3 is 3.00 bits per heavy atom. The first-order chi connectivity index (χ1) is 9.72. The maximum Gasteiger partial charge on any atom is 0.231 e. The first-order valence-corrected chi connectivity index (χ1v) is 7.12. The summed E-state index contributed by atoms with van der Waals surface area (Å²) in [7, 11) is 0. The zero-order chi connectivity index (χ0) is 13.9. The summed E-state index contributed by atoms with van der Waals surface area (Å²) in [5, 5.41) is 3.45. The highest BCUT2D eigenvalue weighted by Crippen LogP contribution is 2.32. The zero-order valence-electron chi connectivity index (χ0n) is 11.7. The number of nitrogens with zero attached hydrogens (tertiary/aromatic N) is 1. The minimum absolute atomic E-state index is 0.279. The van der Waals surface area contributed by atoms with Crippen LogP contribution in [0.3, 0.4) is 0 Å². The second-order valence-corrected chi connectivity index (χ2v) is 5.41. The molecule has 2 heterocycles. The third-order valence-electron chi connectivity index (χ3n) is 3.76. The quantitative estimate of drug-likeness (QED) is 0.886. The van der Waals surface area contributed by atoms with Gasteiger partial charge in [-0.1, -0.05) is 6.07 Å². The Morgan fingerprint density at radius 1 is 1.35 bits per heavy atom. The van der Waals surface area contributed by atoms with Crippen LogP contribution in [0.25, 0.3) is 0 Å². The molecular formula is C15H20N2O3. The largest absolute Gasteiger partial charge is 0.454 e. The Morgan fingerprint density at radius 2 is 2.20 bits per heavy atom. The van der Waals surface area contributed by atoms with Gasteiger partial charge in [-0.05, 0) is 31.0 Å². The number of carbonyl (C=O) groups is 1. The lowest BCUT2D eigenvalue weighted by Gasteiger charge is -2.21. The standard InChI is InChI=1S/C15H20N2O3/c1-11(9-17-6-2-3-15(17)18)16-8-12-4-5-13-14(7-12)20-10-19-13/h4-5,7,11,16H,2-3,6,8-10H2,1H3. The number of fused-ring (bicyclic) bond motifs is 1. The van der Waals surface area contributed by atoms with E-state index in [0.29, 0.717) is 13.2 Å². The number of likely N-dealkylation sites (tertiary alicyclic amines) is 1. The molecule has 1 saturated heterocycles. The van der Waals surface area contributed by atoms with E-state index in [9.17, 15) is 4.79 Å². The van der Waals surface area contributed by atoms with Crippen molar-refractivity contribution >= 4 is 5.91 Å². The first-order valence-electron chi connectivity index (χ1n) is 7.12. The normalized spacial score (nSPS) is 18.6. The molecule has 3 rings (SSSR count). The van der Waals surface area contributed by atoms with Crippen molar-refractivity contribution in [3.63, 3.8) is 0 Å². The number of rotatable bonds is 5. The van der Waals surface area contributed by atoms with Crippen molar-refractivity contribution in [2.24, 2.45) is 0 Å². The van der Waals surface area contributed by atoms with E-state index in [-0.39, 0.29) is 11.9 Å². The average molecular weight is 276 g/mol. The summed E-state index contributed by atoms with van der Waals surface area (Å²) in [6.07, 6.45) is 1.70. The van der Waals surface area contributed by atoms with Gasteiger partial charge in [-0.3, -0.25) is 4.79 Å². The third kappa shape index (κ3) is 2.88. The summed E-state index contributed by atoms with van der Waals surface area (Å²) in [4.78, 5) is 13.5. The molecule has 0 saturated carbocycles. The Balaban J connectivity index is 1.50.